The maximum absolute atomic E-state index is 6.20. The van der Waals surface area contributed by atoms with Gasteiger partial charge in [-0.1, -0.05) is 45.7 Å². The molecule has 1 N–H and O–H groups in total. The van der Waals surface area contributed by atoms with E-state index in [0.29, 0.717) is 0 Å². The van der Waals surface area contributed by atoms with Crippen LogP contribution in [0.2, 0.25) is 5.02 Å². The molecular formula is C15H15BrClNO. The summed E-state index contributed by atoms with van der Waals surface area (Å²) in [6.45, 7) is 2.08. The Bertz CT molecular complexity index is 574. The first-order chi connectivity index (χ1) is 9.10. The van der Waals surface area contributed by atoms with Gasteiger partial charge in [0.25, 0.3) is 0 Å². The largest absolute Gasteiger partial charge is 0.497 e. The molecule has 1 unspecified atom stereocenters. The van der Waals surface area contributed by atoms with Crippen molar-refractivity contribution in [1.82, 2.24) is 0 Å². The van der Waals surface area contributed by atoms with Gasteiger partial charge in [-0.25, -0.2) is 0 Å². The molecule has 2 rings (SSSR count). The number of anilines is 1. The monoisotopic (exact) mass is 339 g/mol. The minimum Gasteiger partial charge on any atom is -0.497 e. The van der Waals surface area contributed by atoms with E-state index in [1.165, 1.54) is 0 Å². The lowest BCUT2D eigenvalue weighted by Gasteiger charge is -2.17. The Kier molecular flexibility index (Phi) is 4.72. The van der Waals surface area contributed by atoms with E-state index < -0.39 is 0 Å². The number of rotatable bonds is 4. The molecule has 0 aliphatic heterocycles. The van der Waals surface area contributed by atoms with Gasteiger partial charge in [0.15, 0.2) is 0 Å². The molecule has 0 bridgehead atoms. The first-order valence-corrected chi connectivity index (χ1v) is 7.13. The summed E-state index contributed by atoms with van der Waals surface area (Å²) in [5.41, 5.74) is 2.06. The van der Waals surface area contributed by atoms with Crippen LogP contribution in [0.4, 0.5) is 5.69 Å². The highest BCUT2D eigenvalue weighted by Crippen LogP contribution is 2.29. The number of hydrogen-bond donors (Lipinski definition) is 1. The van der Waals surface area contributed by atoms with Crippen LogP contribution in [0, 0.1) is 0 Å². The maximum atomic E-state index is 6.20. The Morgan fingerprint density at radius 3 is 2.63 bits per heavy atom. The Balaban J connectivity index is 2.21. The summed E-state index contributed by atoms with van der Waals surface area (Å²) in [6.07, 6.45) is 0. The third kappa shape index (κ3) is 3.64. The van der Waals surface area contributed by atoms with Crippen LogP contribution in [0.1, 0.15) is 18.5 Å². The van der Waals surface area contributed by atoms with Crippen LogP contribution in [-0.2, 0) is 0 Å². The second kappa shape index (κ2) is 6.31. The van der Waals surface area contributed by atoms with Crippen molar-refractivity contribution in [3.63, 3.8) is 0 Å². The molecule has 0 heterocycles. The summed E-state index contributed by atoms with van der Waals surface area (Å²) in [6, 6.07) is 13.8. The first-order valence-electron chi connectivity index (χ1n) is 5.95. The molecule has 2 aromatic rings. The highest BCUT2D eigenvalue weighted by atomic mass is 79.9. The summed E-state index contributed by atoms with van der Waals surface area (Å²) >= 11 is 9.67. The van der Waals surface area contributed by atoms with Crippen LogP contribution in [0.25, 0.3) is 0 Å². The molecule has 0 radical (unpaired) electrons. The van der Waals surface area contributed by atoms with Gasteiger partial charge in [-0.15, -0.1) is 0 Å². The van der Waals surface area contributed by atoms with Crippen molar-refractivity contribution < 1.29 is 4.74 Å². The lowest BCUT2D eigenvalue weighted by Crippen LogP contribution is -2.07. The van der Waals surface area contributed by atoms with Crippen LogP contribution in [0.5, 0.6) is 5.75 Å². The van der Waals surface area contributed by atoms with E-state index in [2.05, 4.69) is 28.2 Å². The van der Waals surface area contributed by atoms with Crippen molar-refractivity contribution in [2.24, 2.45) is 0 Å². The number of benzene rings is 2. The lowest BCUT2D eigenvalue weighted by atomic mass is 10.1. The molecule has 0 fully saturated rings. The Morgan fingerprint density at radius 2 is 1.95 bits per heavy atom. The standard InChI is InChI=1S/C15H15BrClNO/c1-10(14-5-3-4-6-15(14)17)18-12-7-11(16)8-13(9-12)19-2/h3-10,18H,1-2H3. The maximum Gasteiger partial charge on any atom is 0.122 e. The summed E-state index contributed by atoms with van der Waals surface area (Å²) < 4.78 is 6.22. The smallest absolute Gasteiger partial charge is 0.122 e. The fourth-order valence-electron chi connectivity index (χ4n) is 1.92. The van der Waals surface area contributed by atoms with Gasteiger partial charge < -0.3 is 10.1 Å². The predicted molar refractivity (Wildman–Crippen MR) is 84.2 cm³/mol. The summed E-state index contributed by atoms with van der Waals surface area (Å²) in [4.78, 5) is 0. The van der Waals surface area contributed by atoms with Gasteiger partial charge in [-0.2, -0.15) is 0 Å². The molecule has 19 heavy (non-hydrogen) atoms. The number of halogens is 2. The van der Waals surface area contributed by atoms with Gasteiger partial charge in [0, 0.05) is 27.3 Å². The highest BCUT2D eigenvalue weighted by Gasteiger charge is 2.09. The molecule has 0 aromatic heterocycles. The van der Waals surface area contributed by atoms with Crippen molar-refractivity contribution in [1.29, 1.82) is 0 Å². The van der Waals surface area contributed by atoms with E-state index in [9.17, 15) is 0 Å². The van der Waals surface area contributed by atoms with Crippen LogP contribution >= 0.6 is 27.5 Å². The van der Waals surface area contributed by atoms with Crippen LogP contribution in [0.15, 0.2) is 46.9 Å². The molecular weight excluding hydrogens is 326 g/mol. The predicted octanol–water partition coefficient (Wildman–Crippen LogP) is 5.28. The zero-order valence-corrected chi connectivity index (χ0v) is 13.1. The fourth-order valence-corrected chi connectivity index (χ4v) is 2.69. The van der Waals surface area contributed by atoms with Crippen LogP contribution < -0.4 is 10.1 Å². The van der Waals surface area contributed by atoms with Gasteiger partial charge in [-0.3, -0.25) is 0 Å². The van der Waals surface area contributed by atoms with Gasteiger partial charge in [0.05, 0.1) is 7.11 Å². The topological polar surface area (TPSA) is 21.3 Å². The molecule has 1 atom stereocenters. The SMILES string of the molecule is COc1cc(Br)cc(NC(C)c2ccccc2Cl)c1. The molecule has 100 valence electrons. The van der Waals surface area contributed by atoms with Crippen molar-refractivity contribution in [3.8, 4) is 5.75 Å². The van der Waals surface area contributed by atoms with Crippen molar-refractivity contribution in [2.45, 2.75) is 13.0 Å². The van der Waals surface area contributed by atoms with Gasteiger partial charge >= 0.3 is 0 Å². The van der Waals surface area contributed by atoms with E-state index in [-0.39, 0.29) is 6.04 Å². The Hall–Kier alpha value is -1.19. The van der Waals surface area contributed by atoms with E-state index in [4.69, 9.17) is 16.3 Å². The third-order valence-corrected chi connectivity index (χ3v) is 3.66. The van der Waals surface area contributed by atoms with E-state index >= 15 is 0 Å². The summed E-state index contributed by atoms with van der Waals surface area (Å²) in [7, 11) is 1.66. The van der Waals surface area contributed by atoms with Gasteiger partial charge in [-0.05, 0) is 30.7 Å². The average molecular weight is 341 g/mol. The number of nitrogens with one attached hydrogen (secondary N) is 1. The van der Waals surface area contributed by atoms with Crippen molar-refractivity contribution >= 4 is 33.2 Å². The molecule has 0 spiro atoms. The van der Waals surface area contributed by atoms with Gasteiger partial charge in [0.1, 0.15) is 5.75 Å². The van der Waals surface area contributed by atoms with E-state index in [1.807, 2.05) is 42.5 Å². The number of hydrogen-bond acceptors (Lipinski definition) is 2. The summed E-state index contributed by atoms with van der Waals surface area (Å²) in [5.74, 6) is 0.809. The van der Waals surface area contributed by atoms with Crippen molar-refractivity contribution in [2.75, 3.05) is 12.4 Å². The zero-order valence-electron chi connectivity index (χ0n) is 10.8. The van der Waals surface area contributed by atoms with Crippen LogP contribution in [0.3, 0.4) is 0 Å². The minimum absolute atomic E-state index is 0.118. The molecule has 2 nitrogen and oxygen atoms in total. The molecule has 0 aliphatic carbocycles. The van der Waals surface area contributed by atoms with E-state index in [1.54, 1.807) is 7.11 Å². The highest BCUT2D eigenvalue weighted by molar-refractivity contribution is 9.10. The lowest BCUT2D eigenvalue weighted by molar-refractivity contribution is 0.414. The van der Waals surface area contributed by atoms with Crippen LogP contribution in [-0.4, -0.2) is 7.11 Å². The normalized spacial score (nSPS) is 12.0. The average Bonchev–Trinajstić information content (AvgIpc) is 2.38. The molecule has 0 amide bonds. The zero-order chi connectivity index (χ0) is 13.8. The second-order valence-electron chi connectivity index (χ2n) is 4.27. The quantitative estimate of drug-likeness (QED) is 0.817. The second-order valence-corrected chi connectivity index (χ2v) is 5.59. The van der Waals surface area contributed by atoms with Gasteiger partial charge in [0.2, 0.25) is 0 Å². The molecule has 0 saturated heterocycles. The number of ether oxygens (including phenoxy) is 1. The molecule has 4 heteroatoms. The van der Waals surface area contributed by atoms with Crippen molar-refractivity contribution in [3.05, 3.63) is 57.5 Å². The first kappa shape index (κ1) is 14.2. The molecule has 2 aromatic carbocycles. The Morgan fingerprint density at radius 1 is 1.21 bits per heavy atom. The third-order valence-electron chi connectivity index (χ3n) is 2.86. The molecule has 0 aliphatic rings. The Labute approximate surface area is 126 Å². The number of methoxy groups -OCH3 is 1. The molecule has 0 saturated carbocycles. The fraction of sp³-hybridized carbons (Fsp3) is 0.200. The van der Waals surface area contributed by atoms with E-state index in [0.717, 1.165) is 26.5 Å². The summed E-state index contributed by atoms with van der Waals surface area (Å²) in [5, 5.41) is 4.19. The minimum atomic E-state index is 0.118.